The monoisotopic (exact) mass is 830 g/mol. The van der Waals surface area contributed by atoms with Gasteiger partial charge in [-0.1, -0.05) is 24.8 Å². The molecule has 13 nitrogen and oxygen atoms in total. The van der Waals surface area contributed by atoms with Crippen LogP contribution in [0.4, 0.5) is 0 Å². The average molecular weight is 831 g/mol. The molecule has 3 aromatic heterocycles. The van der Waals surface area contributed by atoms with Crippen molar-refractivity contribution in [3.8, 4) is 0 Å². The van der Waals surface area contributed by atoms with E-state index in [1.165, 1.54) is 14.2 Å². The standard InChI is InChI=1S/C48H62N8O5/c1-12-31-28(2)37-25-42-35-17-15-34(46(58)60-10)45(47(59)61-11)48(35,5)43(54-42)27-38-30(4)33(16-18-44(57)50-21-23-56(8)9)41(53-38)26-40-32(14-13-19-49-20-22-55(6)7)29(3)36(52-40)24-39(31)51-37/h12,15,17,24-27,45,49,51,53H,1,13-14,16,18-23H2,2-11H3,(H,50,57)/t45-,48+/m0/s1. The van der Waals surface area contributed by atoms with Crippen molar-refractivity contribution in [3.63, 3.8) is 0 Å². The summed E-state index contributed by atoms with van der Waals surface area (Å²) in [6, 6.07) is 8.16. The number of aromatic nitrogens is 4. The number of aromatic amines is 2. The number of carbonyl (C=O) groups is 3. The second kappa shape index (κ2) is 19.0. The third-order valence-electron chi connectivity index (χ3n) is 12.3. The van der Waals surface area contributed by atoms with Gasteiger partial charge in [-0.15, -0.1) is 0 Å². The van der Waals surface area contributed by atoms with Crippen molar-refractivity contribution >= 4 is 62.7 Å². The van der Waals surface area contributed by atoms with Crippen LogP contribution in [-0.4, -0.2) is 123 Å². The van der Waals surface area contributed by atoms with Crippen molar-refractivity contribution < 1.29 is 23.9 Å². The van der Waals surface area contributed by atoms with E-state index < -0.39 is 23.3 Å². The lowest BCUT2D eigenvalue weighted by Gasteiger charge is -2.36. The van der Waals surface area contributed by atoms with E-state index in [-0.39, 0.29) is 11.5 Å². The fourth-order valence-corrected chi connectivity index (χ4v) is 8.69. The number of fused-ring (bicyclic) bond motifs is 11. The van der Waals surface area contributed by atoms with E-state index >= 15 is 0 Å². The summed E-state index contributed by atoms with van der Waals surface area (Å²) in [5.74, 6) is -2.27. The summed E-state index contributed by atoms with van der Waals surface area (Å²) < 4.78 is 10.6. The summed E-state index contributed by atoms with van der Waals surface area (Å²) in [4.78, 5) is 62.5. The van der Waals surface area contributed by atoms with Crippen molar-refractivity contribution in [1.29, 1.82) is 0 Å². The van der Waals surface area contributed by atoms with Crippen LogP contribution in [0.1, 0.15) is 78.1 Å². The SMILES string of the molecule is C=Cc1c(C)c2cc3nc(cc4[nH]c(cc5nc(cc1[nH]2)C(C)=C5CCCNCCN(C)C)c(CCC(=O)NCCN(C)C)c4C)[C@@]1(C)C3=CC=C(C(=O)OC)[C@H]1C(=O)OC. The fourth-order valence-electron chi connectivity index (χ4n) is 8.69. The smallest absolute Gasteiger partial charge is 0.334 e. The molecule has 8 bridgehead atoms. The van der Waals surface area contributed by atoms with Crippen molar-refractivity contribution in [3.05, 3.63) is 93.6 Å². The Bertz CT molecular complexity index is 2490. The van der Waals surface area contributed by atoms with Crippen LogP contribution in [0.3, 0.4) is 0 Å². The molecule has 0 aromatic carbocycles. The molecule has 1 aliphatic carbocycles. The number of amides is 1. The maximum Gasteiger partial charge on any atom is 0.334 e. The lowest BCUT2D eigenvalue weighted by molar-refractivity contribution is -0.149. The van der Waals surface area contributed by atoms with Gasteiger partial charge >= 0.3 is 11.9 Å². The highest BCUT2D eigenvalue weighted by Crippen LogP contribution is 2.52. The molecule has 0 radical (unpaired) electrons. The van der Waals surface area contributed by atoms with Crippen LogP contribution in [0.5, 0.6) is 0 Å². The number of carbonyl (C=O) groups excluding carboxylic acids is 3. The highest BCUT2D eigenvalue weighted by atomic mass is 16.5. The zero-order chi connectivity index (χ0) is 44.2. The molecular formula is C48H62N8O5. The minimum absolute atomic E-state index is 0.0279. The first-order valence-electron chi connectivity index (χ1n) is 21.1. The van der Waals surface area contributed by atoms with Gasteiger partial charge in [-0.3, -0.25) is 14.6 Å². The van der Waals surface area contributed by atoms with Gasteiger partial charge in [0.05, 0.1) is 48.0 Å². The summed E-state index contributed by atoms with van der Waals surface area (Å²) in [5, 5.41) is 6.64. The Morgan fingerprint density at radius 1 is 0.820 bits per heavy atom. The first kappa shape index (κ1) is 44.9. The Morgan fingerprint density at radius 2 is 1.49 bits per heavy atom. The predicted molar refractivity (Wildman–Crippen MR) is 245 cm³/mol. The second-order valence-corrected chi connectivity index (χ2v) is 16.9. The number of aryl methyl sites for hydroxylation is 3. The zero-order valence-corrected chi connectivity index (χ0v) is 37.5. The van der Waals surface area contributed by atoms with E-state index in [9.17, 15) is 14.4 Å². The first-order valence-corrected chi connectivity index (χ1v) is 21.1. The van der Waals surface area contributed by atoms with Crippen molar-refractivity contribution in [2.45, 2.75) is 58.8 Å². The molecular weight excluding hydrogens is 769 g/mol. The molecule has 3 aliphatic rings. The molecule has 324 valence electrons. The molecule has 61 heavy (non-hydrogen) atoms. The number of nitrogens with one attached hydrogen (secondary N) is 4. The third kappa shape index (κ3) is 9.19. The molecule has 0 spiro atoms. The van der Waals surface area contributed by atoms with E-state index in [1.807, 2.05) is 64.1 Å². The first-order chi connectivity index (χ1) is 29.1. The van der Waals surface area contributed by atoms with Crippen LogP contribution in [-0.2, 0) is 35.7 Å². The van der Waals surface area contributed by atoms with Gasteiger partial charge in [0.25, 0.3) is 0 Å². The number of esters is 2. The number of ether oxygens (including phenoxy) is 2. The van der Waals surface area contributed by atoms with Crippen molar-refractivity contribution in [1.82, 2.24) is 40.4 Å². The Labute approximate surface area is 359 Å². The molecule has 1 amide bonds. The van der Waals surface area contributed by atoms with E-state index in [0.29, 0.717) is 30.8 Å². The minimum Gasteiger partial charge on any atom is -0.469 e. The normalized spacial score (nSPS) is 17.3. The van der Waals surface area contributed by atoms with Gasteiger partial charge in [0.15, 0.2) is 0 Å². The highest BCUT2D eigenvalue weighted by molar-refractivity contribution is 6.02. The van der Waals surface area contributed by atoms with Crippen molar-refractivity contribution in [2.24, 2.45) is 5.92 Å². The number of nitrogens with zero attached hydrogens (tertiary/aromatic N) is 4. The summed E-state index contributed by atoms with van der Waals surface area (Å²) in [6.45, 7) is 16.4. The molecule has 13 heteroatoms. The van der Waals surface area contributed by atoms with Crippen molar-refractivity contribution in [2.75, 3.05) is 75.1 Å². The molecule has 0 saturated carbocycles. The van der Waals surface area contributed by atoms with Gasteiger partial charge in [0.1, 0.15) is 5.92 Å². The van der Waals surface area contributed by atoms with Crippen LogP contribution in [0.25, 0.3) is 44.9 Å². The second-order valence-electron chi connectivity index (χ2n) is 16.9. The van der Waals surface area contributed by atoms with Gasteiger partial charge in [0.2, 0.25) is 5.91 Å². The summed E-state index contributed by atoms with van der Waals surface area (Å²) in [5.41, 5.74) is 12.2. The third-order valence-corrected chi connectivity index (χ3v) is 12.3. The largest absolute Gasteiger partial charge is 0.469 e. The quantitative estimate of drug-likeness (QED) is 0.0956. The fraction of sp³-hybridized carbons (Fsp3) is 0.438. The molecule has 2 aliphatic heterocycles. The van der Waals surface area contributed by atoms with Gasteiger partial charge in [-0.2, -0.15) is 0 Å². The summed E-state index contributed by atoms with van der Waals surface area (Å²) >= 11 is 0. The predicted octanol–water partition coefficient (Wildman–Crippen LogP) is 6.29. The molecule has 6 rings (SSSR count). The van der Waals surface area contributed by atoms with Gasteiger partial charge in [-0.05, 0) is 139 Å². The molecule has 0 fully saturated rings. The van der Waals surface area contributed by atoms with E-state index in [0.717, 1.165) is 111 Å². The van der Waals surface area contributed by atoms with Crippen LogP contribution in [0.15, 0.2) is 48.6 Å². The number of hydrogen-bond donors (Lipinski definition) is 4. The summed E-state index contributed by atoms with van der Waals surface area (Å²) in [6.07, 6.45) is 7.87. The molecule has 3 aromatic rings. The Morgan fingerprint density at radius 3 is 2.18 bits per heavy atom. The lowest BCUT2D eigenvalue weighted by Crippen LogP contribution is -2.42. The molecule has 0 saturated heterocycles. The van der Waals surface area contributed by atoms with Crippen LogP contribution >= 0.6 is 0 Å². The number of methoxy groups -OCH3 is 2. The van der Waals surface area contributed by atoms with Crippen LogP contribution in [0.2, 0.25) is 0 Å². The number of hydrogen-bond acceptors (Lipinski definition) is 10. The average Bonchev–Trinajstić information content (AvgIpc) is 3.88. The van der Waals surface area contributed by atoms with Gasteiger partial charge in [0, 0.05) is 60.2 Å². The van der Waals surface area contributed by atoms with Crippen LogP contribution < -0.4 is 10.6 Å². The number of H-pyrrole nitrogens is 2. The zero-order valence-electron chi connectivity index (χ0n) is 37.5. The van der Waals surface area contributed by atoms with E-state index in [2.05, 4.69) is 65.2 Å². The van der Waals surface area contributed by atoms with Gasteiger partial charge in [-0.25, -0.2) is 9.78 Å². The molecule has 2 atom stereocenters. The Hall–Kier alpha value is -5.63. The number of likely N-dealkylation sites (N-methyl/N-ethyl adjacent to an activating group) is 2. The number of rotatable bonds is 16. The maximum atomic E-state index is 13.9. The van der Waals surface area contributed by atoms with Crippen LogP contribution in [0, 0.1) is 19.8 Å². The Kier molecular flexibility index (Phi) is 14.0. The lowest BCUT2D eigenvalue weighted by atomic mass is 9.64. The summed E-state index contributed by atoms with van der Waals surface area (Å²) in [7, 11) is 10.7. The molecule has 4 N–H and O–H groups in total. The van der Waals surface area contributed by atoms with E-state index in [1.54, 1.807) is 6.08 Å². The van der Waals surface area contributed by atoms with Gasteiger partial charge < -0.3 is 39.9 Å². The molecule has 5 heterocycles. The topological polar surface area (TPSA) is 158 Å². The maximum absolute atomic E-state index is 13.9. The number of allylic oxidation sites excluding steroid dienone is 5. The highest BCUT2D eigenvalue weighted by Gasteiger charge is 2.53. The van der Waals surface area contributed by atoms with E-state index in [4.69, 9.17) is 19.4 Å². The minimum atomic E-state index is -1.12. The molecule has 0 unspecified atom stereocenters. The Balaban J connectivity index is 1.63.